The summed E-state index contributed by atoms with van der Waals surface area (Å²) in [4.78, 5) is 41.1. The number of carbonyl (C=O) groups is 1. The summed E-state index contributed by atoms with van der Waals surface area (Å²) in [5.74, 6) is -2.43. The quantitative estimate of drug-likeness (QED) is 0.306. The number of thiophene rings is 1. The SMILES string of the molecule is O=C(O)c1c(-n2c(=O)[nH]c3cscc3c2=O)c2cc(C(F)(F)F)ccc2n1Cc1c(F)cccc1Cl. The number of benzene rings is 2. The number of carboxylic acid groups (broad SMARTS) is 1. The lowest BCUT2D eigenvalue weighted by atomic mass is 10.1. The van der Waals surface area contributed by atoms with Gasteiger partial charge in [0.15, 0.2) is 5.69 Å². The number of nitrogens with zero attached hydrogens (tertiary/aromatic N) is 2. The standard InChI is InChI=1S/C23H12ClF4N3O4S/c24-14-2-1-3-15(25)12(14)7-30-17-5-4-10(23(26,27)28)6-11(17)18(19(30)21(33)34)31-20(32)13-8-36-9-16(13)29-22(31)35/h1-6,8-9H,7H2,(H,29,35)(H,33,34). The fourth-order valence-corrected chi connectivity index (χ4v) is 5.09. The minimum atomic E-state index is -4.81. The van der Waals surface area contributed by atoms with E-state index in [0.29, 0.717) is 10.6 Å². The number of H-pyrrole nitrogens is 1. The van der Waals surface area contributed by atoms with E-state index < -0.39 is 52.7 Å². The zero-order valence-corrected chi connectivity index (χ0v) is 19.3. The van der Waals surface area contributed by atoms with Crippen molar-refractivity contribution in [3.8, 4) is 5.69 Å². The molecule has 5 rings (SSSR count). The monoisotopic (exact) mass is 537 g/mol. The summed E-state index contributed by atoms with van der Waals surface area (Å²) >= 11 is 7.22. The fraction of sp³-hybridized carbons (Fsp3) is 0.0870. The first-order valence-electron chi connectivity index (χ1n) is 10.1. The normalized spacial score (nSPS) is 12.0. The number of alkyl halides is 3. The third-order valence-electron chi connectivity index (χ3n) is 5.71. The summed E-state index contributed by atoms with van der Waals surface area (Å²) < 4.78 is 56.8. The molecule has 0 saturated carbocycles. The van der Waals surface area contributed by atoms with E-state index in [4.69, 9.17) is 11.6 Å². The molecule has 0 saturated heterocycles. The van der Waals surface area contributed by atoms with Gasteiger partial charge in [-0.2, -0.15) is 13.2 Å². The summed E-state index contributed by atoms with van der Waals surface area (Å²) in [6, 6.07) is 6.19. The van der Waals surface area contributed by atoms with Crippen LogP contribution < -0.4 is 11.2 Å². The van der Waals surface area contributed by atoms with Crippen LogP contribution in [0.3, 0.4) is 0 Å². The van der Waals surface area contributed by atoms with Crippen molar-refractivity contribution >= 4 is 50.7 Å². The molecule has 2 N–H and O–H groups in total. The first-order chi connectivity index (χ1) is 17.0. The number of aromatic nitrogens is 3. The van der Waals surface area contributed by atoms with Gasteiger partial charge < -0.3 is 14.7 Å². The summed E-state index contributed by atoms with van der Waals surface area (Å²) in [7, 11) is 0. The first kappa shape index (κ1) is 23.8. The number of aromatic carboxylic acids is 1. The Morgan fingerprint density at radius 3 is 2.53 bits per heavy atom. The topological polar surface area (TPSA) is 97.1 Å². The summed E-state index contributed by atoms with van der Waals surface area (Å²) in [6.45, 7) is -0.498. The Bertz CT molecular complexity index is 1800. The highest BCUT2D eigenvalue weighted by atomic mass is 35.5. The van der Waals surface area contributed by atoms with Gasteiger partial charge in [-0.3, -0.25) is 4.79 Å². The summed E-state index contributed by atoms with van der Waals surface area (Å²) in [5.41, 5.74) is -4.37. The van der Waals surface area contributed by atoms with Crippen LogP contribution >= 0.6 is 22.9 Å². The van der Waals surface area contributed by atoms with Crippen LogP contribution in [-0.2, 0) is 12.7 Å². The highest BCUT2D eigenvalue weighted by molar-refractivity contribution is 7.09. The third-order valence-corrected chi connectivity index (χ3v) is 6.81. The number of nitrogens with one attached hydrogen (secondary N) is 1. The molecule has 0 unspecified atom stereocenters. The van der Waals surface area contributed by atoms with Crippen LogP contribution in [0.2, 0.25) is 5.02 Å². The lowest BCUT2D eigenvalue weighted by molar-refractivity contribution is -0.137. The van der Waals surface area contributed by atoms with E-state index in [0.717, 1.165) is 34.1 Å². The molecular weight excluding hydrogens is 526 g/mol. The smallest absolute Gasteiger partial charge is 0.416 e. The largest absolute Gasteiger partial charge is 0.477 e. The van der Waals surface area contributed by atoms with E-state index in [9.17, 15) is 37.1 Å². The second-order valence-electron chi connectivity index (χ2n) is 7.79. The highest BCUT2D eigenvalue weighted by Gasteiger charge is 2.33. The van der Waals surface area contributed by atoms with Gasteiger partial charge >= 0.3 is 17.8 Å². The lowest BCUT2D eigenvalue weighted by Gasteiger charge is -2.12. The van der Waals surface area contributed by atoms with Crippen LogP contribution in [0.1, 0.15) is 21.6 Å². The zero-order valence-electron chi connectivity index (χ0n) is 17.7. The summed E-state index contributed by atoms with van der Waals surface area (Å²) in [5, 5.41) is 12.7. The number of rotatable bonds is 4. The molecule has 5 aromatic rings. The van der Waals surface area contributed by atoms with Crippen molar-refractivity contribution in [3.63, 3.8) is 0 Å². The van der Waals surface area contributed by atoms with Crippen molar-refractivity contribution in [3.05, 3.63) is 95.7 Å². The molecular formula is C23H12ClF4N3O4S. The maximum absolute atomic E-state index is 14.6. The van der Waals surface area contributed by atoms with Gasteiger partial charge in [0.25, 0.3) is 5.56 Å². The second-order valence-corrected chi connectivity index (χ2v) is 8.94. The number of hydrogen-bond acceptors (Lipinski definition) is 4. The molecule has 13 heteroatoms. The maximum Gasteiger partial charge on any atom is 0.416 e. The molecule has 0 atom stereocenters. The molecule has 0 amide bonds. The first-order valence-corrected chi connectivity index (χ1v) is 11.4. The molecule has 0 radical (unpaired) electrons. The molecule has 3 heterocycles. The Hall–Kier alpha value is -3.90. The highest BCUT2D eigenvalue weighted by Crippen LogP contribution is 2.36. The Balaban J connectivity index is 1.95. The lowest BCUT2D eigenvalue weighted by Crippen LogP contribution is -2.34. The van der Waals surface area contributed by atoms with Gasteiger partial charge in [-0.25, -0.2) is 18.5 Å². The van der Waals surface area contributed by atoms with E-state index in [-0.39, 0.29) is 32.4 Å². The Kier molecular flexibility index (Phi) is 5.52. The molecule has 36 heavy (non-hydrogen) atoms. The number of aromatic amines is 1. The zero-order chi connectivity index (χ0) is 25.9. The van der Waals surface area contributed by atoms with E-state index in [1.807, 2.05) is 0 Å². The minimum Gasteiger partial charge on any atom is -0.477 e. The van der Waals surface area contributed by atoms with Crippen molar-refractivity contribution in [2.75, 3.05) is 0 Å². The molecule has 184 valence electrons. The van der Waals surface area contributed by atoms with Crippen LogP contribution in [0.4, 0.5) is 17.6 Å². The number of hydrogen-bond donors (Lipinski definition) is 2. The maximum atomic E-state index is 14.6. The van der Waals surface area contributed by atoms with E-state index in [1.54, 1.807) is 0 Å². The number of carboxylic acids is 1. The van der Waals surface area contributed by atoms with Crippen LogP contribution in [-0.4, -0.2) is 25.2 Å². The molecule has 0 aliphatic heterocycles. The molecule has 0 fully saturated rings. The fourth-order valence-electron chi connectivity index (χ4n) is 4.11. The predicted octanol–water partition coefficient (Wildman–Crippen LogP) is 5.25. The average molecular weight is 538 g/mol. The van der Waals surface area contributed by atoms with Gasteiger partial charge in [-0.05, 0) is 30.3 Å². The second kappa shape index (κ2) is 8.35. The Morgan fingerprint density at radius 2 is 1.86 bits per heavy atom. The van der Waals surface area contributed by atoms with Crippen molar-refractivity contribution in [2.24, 2.45) is 0 Å². The van der Waals surface area contributed by atoms with Crippen molar-refractivity contribution in [2.45, 2.75) is 12.7 Å². The van der Waals surface area contributed by atoms with Crippen LogP contribution in [0.25, 0.3) is 27.5 Å². The predicted molar refractivity (Wildman–Crippen MR) is 126 cm³/mol. The van der Waals surface area contributed by atoms with Gasteiger partial charge in [-0.1, -0.05) is 17.7 Å². The van der Waals surface area contributed by atoms with E-state index in [1.165, 1.54) is 22.9 Å². The van der Waals surface area contributed by atoms with Gasteiger partial charge in [-0.15, -0.1) is 11.3 Å². The van der Waals surface area contributed by atoms with E-state index >= 15 is 0 Å². The van der Waals surface area contributed by atoms with Crippen molar-refractivity contribution < 1.29 is 27.5 Å². The minimum absolute atomic E-state index is 0.0426. The Morgan fingerprint density at radius 1 is 1.11 bits per heavy atom. The van der Waals surface area contributed by atoms with Gasteiger partial charge in [0.1, 0.15) is 5.82 Å². The molecule has 3 aromatic heterocycles. The molecule has 0 spiro atoms. The average Bonchev–Trinajstić information content (AvgIpc) is 3.38. The van der Waals surface area contributed by atoms with Crippen LogP contribution in [0.15, 0.2) is 56.7 Å². The molecule has 2 aromatic carbocycles. The third kappa shape index (κ3) is 3.69. The molecule has 0 aliphatic carbocycles. The number of fused-ring (bicyclic) bond motifs is 2. The van der Waals surface area contributed by atoms with E-state index in [2.05, 4.69) is 4.98 Å². The molecule has 0 aliphatic rings. The van der Waals surface area contributed by atoms with Crippen molar-refractivity contribution in [1.82, 2.24) is 14.1 Å². The summed E-state index contributed by atoms with van der Waals surface area (Å²) in [6.07, 6.45) is -4.81. The molecule has 7 nitrogen and oxygen atoms in total. The Labute approximate surface area is 206 Å². The number of halogens is 5. The van der Waals surface area contributed by atoms with Crippen LogP contribution in [0, 0.1) is 5.82 Å². The van der Waals surface area contributed by atoms with Gasteiger partial charge in [0, 0.05) is 26.7 Å². The van der Waals surface area contributed by atoms with Crippen molar-refractivity contribution in [1.29, 1.82) is 0 Å². The van der Waals surface area contributed by atoms with Gasteiger partial charge in [0.05, 0.1) is 34.2 Å². The molecule has 0 bridgehead atoms. The van der Waals surface area contributed by atoms with Gasteiger partial charge in [0.2, 0.25) is 0 Å². The van der Waals surface area contributed by atoms with Crippen LogP contribution in [0.5, 0.6) is 0 Å².